The summed E-state index contributed by atoms with van der Waals surface area (Å²) >= 11 is 3.77. The topological polar surface area (TPSA) is 21.3 Å². The number of rotatable bonds is 8. The molecule has 0 spiro atoms. The molecule has 0 aliphatic heterocycles. The number of nitrogens with one attached hydrogen (secondary N) is 1. The molecule has 0 atom stereocenters. The largest absolute Gasteiger partial charge is 0.496 e. The lowest BCUT2D eigenvalue weighted by Crippen LogP contribution is -2.16. The maximum absolute atomic E-state index is 5.26. The number of hydrogen-bond acceptors (Lipinski definition) is 4. The zero-order chi connectivity index (χ0) is 11.8. The monoisotopic (exact) mass is 259 g/mol. The molecule has 0 aliphatic rings. The first kappa shape index (κ1) is 13.9. The molecule has 4 heteroatoms. The van der Waals surface area contributed by atoms with Crippen molar-refractivity contribution in [3.05, 3.63) is 16.3 Å². The van der Waals surface area contributed by atoms with Crippen LogP contribution in [0, 0.1) is 5.92 Å². The highest BCUT2D eigenvalue weighted by atomic mass is 32.2. The van der Waals surface area contributed by atoms with Gasteiger partial charge in [0, 0.05) is 18.8 Å². The molecule has 0 amide bonds. The van der Waals surface area contributed by atoms with Crippen LogP contribution in [0.25, 0.3) is 0 Å². The molecule has 1 aromatic heterocycles. The van der Waals surface area contributed by atoms with Crippen molar-refractivity contribution in [2.24, 2.45) is 5.92 Å². The Morgan fingerprint density at radius 3 is 3.00 bits per heavy atom. The van der Waals surface area contributed by atoms with E-state index in [0.29, 0.717) is 0 Å². The molecule has 0 aliphatic carbocycles. The van der Waals surface area contributed by atoms with E-state index in [1.807, 2.05) is 17.8 Å². The molecule has 1 N–H and O–H groups in total. The fourth-order valence-corrected chi connectivity index (χ4v) is 3.04. The van der Waals surface area contributed by atoms with Crippen molar-refractivity contribution in [3.8, 4) is 5.75 Å². The summed E-state index contributed by atoms with van der Waals surface area (Å²) in [6, 6.07) is 2.02. The molecular weight excluding hydrogens is 238 g/mol. The van der Waals surface area contributed by atoms with E-state index in [2.05, 4.69) is 24.5 Å². The van der Waals surface area contributed by atoms with Gasteiger partial charge in [0.25, 0.3) is 0 Å². The average Bonchev–Trinajstić information content (AvgIpc) is 2.70. The average molecular weight is 259 g/mol. The lowest BCUT2D eigenvalue weighted by molar-refractivity contribution is 0.411. The first-order chi connectivity index (χ1) is 7.74. The van der Waals surface area contributed by atoms with E-state index >= 15 is 0 Å². The van der Waals surface area contributed by atoms with Gasteiger partial charge in [-0.05, 0) is 23.1 Å². The minimum atomic E-state index is 0.794. The van der Waals surface area contributed by atoms with Gasteiger partial charge in [0.1, 0.15) is 5.75 Å². The van der Waals surface area contributed by atoms with Crippen molar-refractivity contribution in [2.75, 3.05) is 25.2 Å². The third-order valence-electron chi connectivity index (χ3n) is 2.08. The molecule has 0 saturated heterocycles. The zero-order valence-corrected chi connectivity index (χ0v) is 11.9. The second-order valence-corrected chi connectivity index (χ2v) is 6.21. The summed E-state index contributed by atoms with van der Waals surface area (Å²) in [4.78, 5) is 1.29. The number of methoxy groups -OCH3 is 1. The van der Waals surface area contributed by atoms with Gasteiger partial charge in [0.2, 0.25) is 0 Å². The van der Waals surface area contributed by atoms with Crippen LogP contribution < -0.4 is 10.1 Å². The SMILES string of the molecule is COc1ccsc1CNCCSCC(C)C. The van der Waals surface area contributed by atoms with Crippen LogP contribution >= 0.6 is 23.1 Å². The van der Waals surface area contributed by atoms with E-state index in [-0.39, 0.29) is 0 Å². The molecule has 1 aromatic rings. The normalized spacial score (nSPS) is 11.0. The van der Waals surface area contributed by atoms with Crippen molar-refractivity contribution in [3.63, 3.8) is 0 Å². The summed E-state index contributed by atoms with van der Waals surface area (Å²) < 4.78 is 5.26. The third kappa shape index (κ3) is 5.23. The van der Waals surface area contributed by atoms with E-state index in [9.17, 15) is 0 Å². The van der Waals surface area contributed by atoms with Crippen molar-refractivity contribution < 1.29 is 4.74 Å². The second-order valence-electron chi connectivity index (χ2n) is 4.06. The Kier molecular flexibility index (Phi) is 6.92. The summed E-state index contributed by atoms with van der Waals surface area (Å²) in [6.07, 6.45) is 0. The van der Waals surface area contributed by atoms with Crippen molar-refractivity contribution in [1.29, 1.82) is 0 Å². The summed E-state index contributed by atoms with van der Waals surface area (Å²) in [6.45, 7) is 6.51. The molecular formula is C12H21NOS2. The molecule has 2 nitrogen and oxygen atoms in total. The standard InChI is InChI=1S/C12H21NOS2/c1-10(2)9-15-7-5-13-8-12-11(14-3)4-6-16-12/h4,6,10,13H,5,7-9H2,1-3H3. The molecule has 0 fully saturated rings. The minimum Gasteiger partial charge on any atom is -0.496 e. The van der Waals surface area contributed by atoms with Gasteiger partial charge in [0.05, 0.1) is 12.0 Å². The molecule has 0 unspecified atom stereocenters. The van der Waals surface area contributed by atoms with Gasteiger partial charge in [-0.25, -0.2) is 0 Å². The maximum Gasteiger partial charge on any atom is 0.134 e. The van der Waals surface area contributed by atoms with E-state index in [0.717, 1.165) is 24.8 Å². The summed E-state index contributed by atoms with van der Waals surface area (Å²) in [5.41, 5.74) is 0. The highest BCUT2D eigenvalue weighted by Crippen LogP contribution is 2.23. The van der Waals surface area contributed by atoms with Crippen LogP contribution in [0.3, 0.4) is 0 Å². The summed E-state index contributed by atoms with van der Waals surface area (Å²) in [7, 11) is 1.73. The Hall–Kier alpha value is -0.190. The lowest BCUT2D eigenvalue weighted by atomic mass is 10.3. The van der Waals surface area contributed by atoms with Crippen LogP contribution in [0.15, 0.2) is 11.4 Å². The molecule has 16 heavy (non-hydrogen) atoms. The smallest absolute Gasteiger partial charge is 0.134 e. The zero-order valence-electron chi connectivity index (χ0n) is 10.3. The number of hydrogen-bond donors (Lipinski definition) is 1. The van der Waals surface area contributed by atoms with Gasteiger partial charge in [0.15, 0.2) is 0 Å². The van der Waals surface area contributed by atoms with Crippen LogP contribution in [-0.4, -0.2) is 25.2 Å². The fraction of sp³-hybridized carbons (Fsp3) is 0.667. The third-order valence-corrected chi connectivity index (χ3v) is 4.38. The Bertz CT molecular complexity index is 286. The first-order valence-corrected chi connectivity index (χ1v) is 7.66. The first-order valence-electron chi connectivity index (χ1n) is 5.63. The molecule has 0 radical (unpaired) electrons. The summed E-state index contributed by atoms with van der Waals surface area (Å²) in [5, 5.41) is 5.52. The predicted octanol–water partition coefficient (Wildman–Crippen LogP) is 3.24. The van der Waals surface area contributed by atoms with Crippen molar-refractivity contribution in [2.45, 2.75) is 20.4 Å². The highest BCUT2D eigenvalue weighted by Gasteiger charge is 2.02. The summed E-state index contributed by atoms with van der Waals surface area (Å²) in [5.74, 6) is 4.24. The Morgan fingerprint density at radius 2 is 2.31 bits per heavy atom. The Labute approximate surface area is 107 Å². The van der Waals surface area contributed by atoms with E-state index in [4.69, 9.17) is 4.74 Å². The number of thioether (sulfide) groups is 1. The van der Waals surface area contributed by atoms with Crippen LogP contribution in [-0.2, 0) is 6.54 Å². The lowest BCUT2D eigenvalue weighted by Gasteiger charge is -2.06. The minimum absolute atomic E-state index is 0.794. The number of ether oxygens (including phenoxy) is 1. The highest BCUT2D eigenvalue weighted by molar-refractivity contribution is 7.99. The van der Waals surface area contributed by atoms with Gasteiger partial charge < -0.3 is 10.1 Å². The quantitative estimate of drug-likeness (QED) is 0.724. The van der Waals surface area contributed by atoms with Crippen LogP contribution in [0.2, 0.25) is 0 Å². The molecule has 92 valence electrons. The Morgan fingerprint density at radius 1 is 1.50 bits per heavy atom. The van der Waals surface area contributed by atoms with Gasteiger partial charge in [-0.3, -0.25) is 0 Å². The fourth-order valence-electron chi connectivity index (χ4n) is 1.30. The molecule has 1 rings (SSSR count). The number of thiophene rings is 1. The van der Waals surface area contributed by atoms with E-state index < -0.39 is 0 Å². The van der Waals surface area contributed by atoms with Crippen LogP contribution in [0.1, 0.15) is 18.7 Å². The van der Waals surface area contributed by atoms with Gasteiger partial charge in [-0.15, -0.1) is 11.3 Å². The van der Waals surface area contributed by atoms with Gasteiger partial charge in [-0.2, -0.15) is 11.8 Å². The second kappa shape index (κ2) is 7.98. The van der Waals surface area contributed by atoms with Gasteiger partial charge in [-0.1, -0.05) is 13.8 Å². The van der Waals surface area contributed by atoms with E-state index in [1.165, 1.54) is 16.4 Å². The van der Waals surface area contributed by atoms with Crippen molar-refractivity contribution in [1.82, 2.24) is 5.32 Å². The van der Waals surface area contributed by atoms with Crippen LogP contribution in [0.4, 0.5) is 0 Å². The molecule has 1 heterocycles. The van der Waals surface area contributed by atoms with Crippen LogP contribution in [0.5, 0.6) is 5.75 Å². The Balaban J connectivity index is 2.07. The predicted molar refractivity (Wildman–Crippen MR) is 74.7 cm³/mol. The maximum atomic E-state index is 5.26. The molecule has 0 bridgehead atoms. The van der Waals surface area contributed by atoms with Gasteiger partial charge >= 0.3 is 0 Å². The molecule has 0 aromatic carbocycles. The van der Waals surface area contributed by atoms with Crippen molar-refractivity contribution >= 4 is 23.1 Å². The molecule has 0 saturated carbocycles. The van der Waals surface area contributed by atoms with E-state index in [1.54, 1.807) is 18.4 Å².